The van der Waals surface area contributed by atoms with Crippen molar-refractivity contribution in [2.45, 2.75) is 19.8 Å². The maximum absolute atomic E-state index is 12.2. The summed E-state index contributed by atoms with van der Waals surface area (Å²) in [7, 11) is 0. The maximum atomic E-state index is 12.2. The molecule has 19 heavy (non-hydrogen) atoms. The van der Waals surface area contributed by atoms with Crippen LogP contribution in [0.4, 0.5) is 0 Å². The number of nitrogens with zero attached hydrogens (tertiary/aromatic N) is 2. The Morgan fingerprint density at radius 3 is 2.84 bits per heavy atom. The van der Waals surface area contributed by atoms with Gasteiger partial charge in [0.05, 0.1) is 24.5 Å². The minimum Gasteiger partial charge on any atom is -0.378 e. The van der Waals surface area contributed by atoms with Crippen molar-refractivity contribution in [3.63, 3.8) is 0 Å². The quantitative estimate of drug-likeness (QED) is 0.834. The van der Waals surface area contributed by atoms with Crippen LogP contribution in [0.3, 0.4) is 0 Å². The highest BCUT2D eigenvalue weighted by molar-refractivity contribution is 5.94. The number of aromatic nitrogens is 1. The first-order chi connectivity index (χ1) is 9.31. The summed E-state index contributed by atoms with van der Waals surface area (Å²) < 4.78 is 5.24. The largest absolute Gasteiger partial charge is 0.378 e. The molecule has 102 valence electrons. The van der Waals surface area contributed by atoms with E-state index >= 15 is 0 Å². The molecule has 1 amide bonds. The molecule has 2 rings (SSSR count). The first-order valence-electron chi connectivity index (χ1n) is 6.81. The van der Waals surface area contributed by atoms with Crippen LogP contribution in [0.25, 0.3) is 6.08 Å². The lowest BCUT2D eigenvalue weighted by Crippen LogP contribution is -2.40. The zero-order valence-electron chi connectivity index (χ0n) is 11.3. The first kappa shape index (κ1) is 13.7. The summed E-state index contributed by atoms with van der Waals surface area (Å²) in [6.45, 7) is 4.71. The predicted octanol–water partition coefficient (Wildman–Crippen LogP) is 2.37. The molecular weight excluding hydrogens is 240 g/mol. The van der Waals surface area contributed by atoms with Gasteiger partial charge in [0.25, 0.3) is 5.91 Å². The Hall–Kier alpha value is -1.68. The van der Waals surface area contributed by atoms with Gasteiger partial charge in [-0.05, 0) is 24.6 Å². The van der Waals surface area contributed by atoms with Gasteiger partial charge >= 0.3 is 0 Å². The number of pyridine rings is 1. The second-order valence-electron chi connectivity index (χ2n) is 4.57. The molecular formula is C15H20N2O2. The van der Waals surface area contributed by atoms with Gasteiger partial charge < -0.3 is 9.64 Å². The molecule has 1 fully saturated rings. The number of ether oxygens (including phenoxy) is 1. The number of rotatable bonds is 4. The van der Waals surface area contributed by atoms with Crippen LogP contribution < -0.4 is 0 Å². The minimum atomic E-state index is 0.0416. The molecule has 0 bridgehead atoms. The molecule has 1 saturated heterocycles. The van der Waals surface area contributed by atoms with Gasteiger partial charge in [0.2, 0.25) is 0 Å². The van der Waals surface area contributed by atoms with Crippen molar-refractivity contribution >= 4 is 12.0 Å². The van der Waals surface area contributed by atoms with Crippen LogP contribution in [0.2, 0.25) is 0 Å². The van der Waals surface area contributed by atoms with Gasteiger partial charge in [-0.3, -0.25) is 9.78 Å². The van der Waals surface area contributed by atoms with Crippen LogP contribution in [0.15, 0.2) is 24.4 Å². The predicted molar refractivity (Wildman–Crippen MR) is 74.9 cm³/mol. The normalized spacial score (nSPS) is 15.9. The Balaban J connectivity index is 1.99. The van der Waals surface area contributed by atoms with Gasteiger partial charge in [-0.1, -0.05) is 19.4 Å². The van der Waals surface area contributed by atoms with Crippen LogP contribution in [-0.2, 0) is 4.74 Å². The van der Waals surface area contributed by atoms with E-state index in [0.717, 1.165) is 18.5 Å². The zero-order chi connectivity index (χ0) is 13.5. The van der Waals surface area contributed by atoms with Crippen LogP contribution >= 0.6 is 0 Å². The molecule has 0 saturated carbocycles. The Labute approximate surface area is 114 Å². The van der Waals surface area contributed by atoms with E-state index in [0.29, 0.717) is 31.9 Å². The summed E-state index contributed by atoms with van der Waals surface area (Å²) in [5, 5.41) is 0. The molecule has 2 heterocycles. The molecule has 1 aromatic rings. The summed E-state index contributed by atoms with van der Waals surface area (Å²) in [4.78, 5) is 18.3. The third-order valence-corrected chi connectivity index (χ3v) is 3.08. The first-order valence-corrected chi connectivity index (χ1v) is 6.81. The highest BCUT2D eigenvalue weighted by atomic mass is 16.5. The van der Waals surface area contributed by atoms with Crippen molar-refractivity contribution in [1.29, 1.82) is 0 Å². The Morgan fingerprint density at radius 2 is 2.21 bits per heavy atom. The highest BCUT2D eigenvalue weighted by Gasteiger charge is 2.18. The second kappa shape index (κ2) is 7.04. The molecule has 0 aromatic carbocycles. The smallest absolute Gasteiger partial charge is 0.255 e. The van der Waals surface area contributed by atoms with E-state index < -0.39 is 0 Å². The van der Waals surface area contributed by atoms with E-state index in [1.807, 2.05) is 23.1 Å². The number of hydrogen-bond donors (Lipinski definition) is 0. The number of allylic oxidation sites excluding steroid dienone is 1. The molecule has 0 N–H and O–H groups in total. The molecule has 0 radical (unpaired) electrons. The van der Waals surface area contributed by atoms with E-state index in [1.54, 1.807) is 6.20 Å². The number of unbranched alkanes of at least 4 members (excludes halogenated alkanes) is 1. The Bertz CT molecular complexity index is 434. The lowest BCUT2D eigenvalue weighted by molar-refractivity contribution is 0.0302. The molecule has 1 aromatic heterocycles. The number of morpholine rings is 1. The van der Waals surface area contributed by atoms with E-state index in [2.05, 4.69) is 18.0 Å². The Morgan fingerprint density at radius 1 is 1.42 bits per heavy atom. The van der Waals surface area contributed by atoms with Crippen molar-refractivity contribution in [3.8, 4) is 0 Å². The molecule has 0 atom stereocenters. The topological polar surface area (TPSA) is 42.4 Å². The second-order valence-corrected chi connectivity index (χ2v) is 4.57. The number of amides is 1. The monoisotopic (exact) mass is 260 g/mol. The average Bonchev–Trinajstić information content (AvgIpc) is 2.48. The van der Waals surface area contributed by atoms with Crippen LogP contribution in [0, 0.1) is 0 Å². The van der Waals surface area contributed by atoms with Gasteiger partial charge in [-0.15, -0.1) is 0 Å². The third kappa shape index (κ3) is 3.89. The number of carbonyl (C=O) groups excluding carboxylic acids is 1. The molecule has 0 aliphatic carbocycles. The molecule has 4 heteroatoms. The fraction of sp³-hybridized carbons (Fsp3) is 0.467. The highest BCUT2D eigenvalue weighted by Crippen LogP contribution is 2.08. The standard InChI is InChI=1S/C15H20N2O2/c1-2-3-4-5-14-7-6-13(12-16-14)15(18)17-8-10-19-11-9-17/h4-7,12H,2-3,8-11H2,1H3/b5-4+. The number of hydrogen-bond acceptors (Lipinski definition) is 3. The minimum absolute atomic E-state index is 0.0416. The fourth-order valence-corrected chi connectivity index (χ4v) is 1.95. The van der Waals surface area contributed by atoms with Crippen molar-refractivity contribution in [2.75, 3.05) is 26.3 Å². The van der Waals surface area contributed by atoms with Gasteiger partial charge in [0, 0.05) is 19.3 Å². The zero-order valence-corrected chi connectivity index (χ0v) is 11.3. The lowest BCUT2D eigenvalue weighted by atomic mass is 10.2. The van der Waals surface area contributed by atoms with Gasteiger partial charge in [-0.2, -0.15) is 0 Å². The van der Waals surface area contributed by atoms with Crippen molar-refractivity contribution in [1.82, 2.24) is 9.88 Å². The van der Waals surface area contributed by atoms with Crippen LogP contribution in [-0.4, -0.2) is 42.1 Å². The van der Waals surface area contributed by atoms with Crippen molar-refractivity contribution < 1.29 is 9.53 Å². The summed E-state index contributed by atoms with van der Waals surface area (Å²) in [6, 6.07) is 3.73. The van der Waals surface area contributed by atoms with E-state index in [1.165, 1.54) is 0 Å². The van der Waals surface area contributed by atoms with E-state index in [4.69, 9.17) is 4.74 Å². The van der Waals surface area contributed by atoms with E-state index in [-0.39, 0.29) is 5.91 Å². The summed E-state index contributed by atoms with van der Waals surface area (Å²) in [6.07, 6.45) is 7.93. The van der Waals surface area contributed by atoms with Crippen molar-refractivity contribution in [2.24, 2.45) is 0 Å². The maximum Gasteiger partial charge on any atom is 0.255 e. The lowest BCUT2D eigenvalue weighted by Gasteiger charge is -2.26. The molecule has 4 nitrogen and oxygen atoms in total. The van der Waals surface area contributed by atoms with Crippen molar-refractivity contribution in [3.05, 3.63) is 35.7 Å². The summed E-state index contributed by atoms with van der Waals surface area (Å²) in [5.74, 6) is 0.0416. The van der Waals surface area contributed by atoms with Gasteiger partial charge in [0.15, 0.2) is 0 Å². The van der Waals surface area contributed by atoms with Crippen LogP contribution in [0.5, 0.6) is 0 Å². The van der Waals surface area contributed by atoms with Crippen LogP contribution in [0.1, 0.15) is 35.8 Å². The van der Waals surface area contributed by atoms with Gasteiger partial charge in [0.1, 0.15) is 0 Å². The average molecular weight is 260 g/mol. The summed E-state index contributed by atoms with van der Waals surface area (Å²) in [5.41, 5.74) is 1.54. The third-order valence-electron chi connectivity index (χ3n) is 3.08. The Kier molecular flexibility index (Phi) is 5.10. The summed E-state index contributed by atoms with van der Waals surface area (Å²) >= 11 is 0. The fourth-order valence-electron chi connectivity index (χ4n) is 1.95. The molecule has 1 aliphatic heterocycles. The van der Waals surface area contributed by atoms with Gasteiger partial charge in [-0.25, -0.2) is 0 Å². The molecule has 0 spiro atoms. The SMILES string of the molecule is CCC/C=C/c1ccc(C(=O)N2CCOCC2)cn1. The van der Waals surface area contributed by atoms with E-state index in [9.17, 15) is 4.79 Å². The molecule has 0 unspecified atom stereocenters. The number of carbonyl (C=O) groups is 1. The molecule has 1 aliphatic rings.